The van der Waals surface area contributed by atoms with Crippen LogP contribution in [-0.4, -0.2) is 207 Å². The Labute approximate surface area is 693 Å². The number of carbonyl (C=O) groups is 8. The van der Waals surface area contributed by atoms with E-state index < -0.39 is 260 Å². The summed E-state index contributed by atoms with van der Waals surface area (Å²) in [5.74, 6) is -17.1. The Morgan fingerprint density at radius 3 is 1.76 bits per heavy atom. The van der Waals surface area contributed by atoms with E-state index in [4.69, 9.17) is 56.4 Å². The second-order valence-corrected chi connectivity index (χ2v) is 30.5. The van der Waals surface area contributed by atoms with Gasteiger partial charge in [-0.3, -0.25) is 33.6 Å². The van der Waals surface area contributed by atoms with Gasteiger partial charge < -0.3 is 142 Å². The fourth-order valence-corrected chi connectivity index (χ4v) is 15.5. The van der Waals surface area contributed by atoms with Gasteiger partial charge in [-0.05, 0) is 126 Å². The highest BCUT2D eigenvalue weighted by Crippen LogP contribution is 2.51. The van der Waals surface area contributed by atoms with Gasteiger partial charge in [-0.25, -0.2) is 4.79 Å². The van der Waals surface area contributed by atoms with Gasteiger partial charge in [0.05, 0.1) is 23.3 Å². The molecule has 0 spiro atoms. The zero-order chi connectivity index (χ0) is 85.8. The summed E-state index contributed by atoms with van der Waals surface area (Å²) in [7, 11) is 1.42. The smallest absolute Gasteiger partial charge is 0.330 e. The lowest BCUT2D eigenvalue weighted by molar-refractivity contribution is -0.277. The molecule has 17 bridgehead atoms. The molecule has 0 radical (unpaired) electrons. The largest absolute Gasteiger partial charge is 0.508 e. The average molecular weight is 1700 g/mol. The Balaban J connectivity index is 1.04. The van der Waals surface area contributed by atoms with Crippen molar-refractivity contribution in [3.8, 4) is 80.1 Å². The maximum atomic E-state index is 16.6. The molecule has 0 saturated carbocycles. The van der Waals surface area contributed by atoms with Crippen LogP contribution in [0.25, 0.3) is 11.1 Å². The first-order valence-electron chi connectivity index (χ1n) is 38.6. The Bertz CT molecular complexity index is 5060. The summed E-state index contributed by atoms with van der Waals surface area (Å²) in [6, 6.07) is 5.48. The molecule has 21 N–H and O–H groups in total. The second kappa shape index (κ2) is 37.1. The Morgan fingerprint density at radius 2 is 1.09 bits per heavy atom. The number of carboxylic acids is 1. The highest BCUT2D eigenvalue weighted by Gasteiger charge is 2.50. The second-order valence-electron chi connectivity index (χ2n) is 29.7. The molecule has 8 aliphatic heterocycles. The number of halogens is 2. The summed E-state index contributed by atoms with van der Waals surface area (Å²) in [5, 5.41) is 168. The lowest BCUT2D eigenvalue weighted by atomic mass is 9.89. The number of likely N-dealkylation sites (N-methyl/N-ethyl adjacent to an activating group) is 1. The summed E-state index contributed by atoms with van der Waals surface area (Å²) in [6.45, 7) is 0.172. The van der Waals surface area contributed by atoms with E-state index in [9.17, 15) is 80.8 Å². The van der Waals surface area contributed by atoms with E-state index in [1.54, 1.807) is 0 Å². The number of amides is 7. The molecule has 7 aromatic rings. The summed E-state index contributed by atoms with van der Waals surface area (Å²) in [5.41, 5.74) is -2.87. The molecule has 638 valence electrons. The van der Waals surface area contributed by atoms with Gasteiger partial charge in [-0.1, -0.05) is 105 Å². The standard InChI is InChI=1S/C82H88Cl2N8O28/c1-3-4-5-6-7-8-9-10-11-57(98)87-65-70(103)68(101)55(32-93)118-81(65)120-73-53-28-39-29-54(73)115-49-21-16-37(24-44(49)83)66(99)64-79(111)91-63(80(112)113)43-30-40(95)31-51(117-82-72(105)71(104)69(102)56(33-94)119-82)58(43)42-23-35(14-19-47(42)96)60(76(108)92-64)89-78(110)62(39)90-77(109)61-38-25-45(84)67(100)52(27-38)116-50-26-36(15-20-48(50)97)59(85-2)75(107)86-46(74(106)88-61)22-34-12-17-41(114-53)18-13-34/h12-21,23-31,46,55-56,59-66,68-72,81-82,85,93-97,99-105H,3-11,22,32-33H2,1-2H3,(H,86,107)(H,87,98)(H,88,106)(H,89,110)(H,90,109)(H,91,111)(H,92,108)(H,112,113)/t46-,55-,56-,59+,60-,61?,62-,63+,64+,65-,66-,68-,69-,70-,71+,72+,81+,82+/m1/s1. The number of hydrogen-bond acceptors (Lipinski definition) is 28. The average Bonchev–Trinajstić information content (AvgIpc) is 0.752. The van der Waals surface area contributed by atoms with E-state index >= 15 is 24.0 Å². The van der Waals surface area contributed by atoms with Gasteiger partial charge in [0.1, 0.15) is 120 Å². The van der Waals surface area contributed by atoms with Gasteiger partial charge >= 0.3 is 5.97 Å². The van der Waals surface area contributed by atoms with Crippen LogP contribution in [0.4, 0.5) is 0 Å². The zero-order valence-electron chi connectivity index (χ0n) is 64.0. The molecule has 15 rings (SSSR count). The SMILES string of the molecule is CCCCCCCCCCC(=O)N[C@H]1[C@H](Oc2c3cc4cc2Oc2ccc(cc2Cl)[C@@H](O)[C@@H]2NC(=O)[C@H](NC(=O)[C@@H]4NC(=O)C4NC(=O)[C@@H](Cc5ccc(cc5)O3)NC(=O)[C@@H](NC)c3ccc(O)c(c3)Oc3cc4cc(Cl)c3O)c3ccc(O)c(c3)-c3c(O[C@H]4O[C@H](CO)[C@@H](O)[C@H](O)[C@@H]4O)cc(O)cc3[C@@H](C(=O)O)NC2=O)O[C@H](CO)[C@@H](O)[C@@H]1O. The third-order valence-corrected chi connectivity index (χ3v) is 22.1. The fraction of sp³-hybridized carbons (Fsp3) is 0.390. The molecule has 7 aromatic carbocycles. The zero-order valence-corrected chi connectivity index (χ0v) is 65.6. The molecule has 36 nitrogen and oxygen atoms in total. The minimum Gasteiger partial charge on any atom is -0.508 e. The lowest BCUT2D eigenvalue weighted by Gasteiger charge is -2.42. The summed E-state index contributed by atoms with van der Waals surface area (Å²) < 4.78 is 44.4. The van der Waals surface area contributed by atoms with Crippen molar-refractivity contribution >= 4 is 70.5 Å². The number of aliphatic hydroxyl groups is 8. The van der Waals surface area contributed by atoms with Crippen molar-refractivity contribution in [3.05, 3.63) is 164 Å². The first-order chi connectivity index (χ1) is 57.4. The van der Waals surface area contributed by atoms with Crippen LogP contribution in [0.2, 0.25) is 10.0 Å². The number of fused-ring (bicyclic) bond motifs is 14. The third-order valence-electron chi connectivity index (χ3n) is 21.5. The maximum Gasteiger partial charge on any atom is 0.330 e. The number of phenols is 4. The highest BCUT2D eigenvalue weighted by atomic mass is 35.5. The fourth-order valence-electron chi connectivity index (χ4n) is 15.1. The first-order valence-corrected chi connectivity index (χ1v) is 39.3. The molecule has 38 heteroatoms. The number of rotatable bonds is 18. The van der Waals surface area contributed by atoms with Gasteiger partial charge in [0.2, 0.25) is 59.7 Å². The lowest BCUT2D eigenvalue weighted by Crippen LogP contribution is -2.65. The molecule has 1 unspecified atom stereocenters. The number of aromatic hydroxyl groups is 4. The van der Waals surface area contributed by atoms with Crippen LogP contribution in [0.3, 0.4) is 0 Å². The molecular weight excluding hydrogens is 1620 g/mol. The van der Waals surface area contributed by atoms with E-state index in [-0.39, 0.29) is 46.8 Å². The van der Waals surface area contributed by atoms with Gasteiger partial charge in [0, 0.05) is 35.6 Å². The van der Waals surface area contributed by atoms with Gasteiger partial charge in [-0.15, -0.1) is 0 Å². The summed E-state index contributed by atoms with van der Waals surface area (Å²) in [6.07, 6.45) is -13.2. The molecule has 18 atom stereocenters. The van der Waals surface area contributed by atoms with Crippen LogP contribution in [0.1, 0.15) is 140 Å². The van der Waals surface area contributed by atoms with Crippen LogP contribution in [0.5, 0.6) is 69.0 Å². The number of ether oxygens (including phenoxy) is 7. The number of carboxylic acid groups (broad SMARTS) is 1. The van der Waals surface area contributed by atoms with Gasteiger partial charge in [0.25, 0.3) is 0 Å². The number of aliphatic hydroxyl groups excluding tert-OH is 8. The van der Waals surface area contributed by atoms with Crippen LogP contribution >= 0.6 is 23.2 Å². The summed E-state index contributed by atoms with van der Waals surface area (Å²) in [4.78, 5) is 122. The van der Waals surface area contributed by atoms with E-state index in [2.05, 4.69) is 49.5 Å². The molecule has 2 saturated heterocycles. The minimum atomic E-state index is -2.41. The molecule has 0 aliphatic carbocycles. The normalized spacial score (nSPS) is 26.7. The van der Waals surface area contributed by atoms with Crippen LogP contribution < -0.4 is 66.2 Å². The molecule has 2 fully saturated rings. The van der Waals surface area contributed by atoms with E-state index in [0.717, 1.165) is 111 Å². The molecular formula is C82H88Cl2N8O28. The number of aliphatic carboxylic acids is 1. The first kappa shape index (κ1) is 86.5. The van der Waals surface area contributed by atoms with Crippen molar-refractivity contribution in [2.75, 3.05) is 20.3 Å². The van der Waals surface area contributed by atoms with E-state index in [0.29, 0.717) is 18.4 Å². The van der Waals surface area contributed by atoms with Crippen LogP contribution in [0.15, 0.2) is 115 Å². The third kappa shape index (κ3) is 18.5. The minimum absolute atomic E-state index is 0.0772. The number of benzene rings is 7. The van der Waals surface area contributed by atoms with Crippen molar-refractivity contribution in [2.24, 2.45) is 0 Å². The van der Waals surface area contributed by atoms with Crippen molar-refractivity contribution in [1.29, 1.82) is 0 Å². The summed E-state index contributed by atoms with van der Waals surface area (Å²) >= 11 is 14.0. The topological polar surface area (TPSA) is 560 Å². The van der Waals surface area contributed by atoms with E-state index in [1.807, 2.05) is 0 Å². The maximum absolute atomic E-state index is 16.6. The van der Waals surface area contributed by atoms with Crippen molar-refractivity contribution in [1.82, 2.24) is 42.5 Å². The van der Waals surface area contributed by atoms with Crippen LogP contribution in [0, 0.1) is 0 Å². The predicted molar refractivity (Wildman–Crippen MR) is 418 cm³/mol. The molecule has 0 aromatic heterocycles. The number of unbranched alkanes of at least 4 members (excludes halogenated alkanes) is 7. The Kier molecular flexibility index (Phi) is 26.7. The number of phenolic OH excluding ortho intramolecular Hbond substituents is 4. The molecule has 8 aliphatic rings. The van der Waals surface area contributed by atoms with Gasteiger partial charge in [0.15, 0.2) is 40.5 Å². The van der Waals surface area contributed by atoms with Crippen LogP contribution in [-0.2, 0) is 54.3 Å². The Hall–Kier alpha value is -11.4. The molecule has 7 amide bonds. The van der Waals surface area contributed by atoms with E-state index in [1.165, 1.54) is 49.5 Å². The number of nitrogens with one attached hydrogen (secondary N) is 8. The predicted octanol–water partition coefficient (Wildman–Crippen LogP) is 3.85. The van der Waals surface area contributed by atoms with Gasteiger partial charge in [-0.2, -0.15) is 0 Å². The highest BCUT2D eigenvalue weighted by molar-refractivity contribution is 6.32. The van der Waals surface area contributed by atoms with Crippen molar-refractivity contribution < 1.29 is 138 Å². The van der Waals surface area contributed by atoms with Crippen molar-refractivity contribution in [3.63, 3.8) is 0 Å². The molecule has 8 heterocycles. The monoisotopic (exact) mass is 1700 g/mol. The van der Waals surface area contributed by atoms with Crippen molar-refractivity contribution in [2.45, 2.75) is 181 Å². The molecule has 120 heavy (non-hydrogen) atoms. The number of carbonyl (C=O) groups excluding carboxylic acids is 7. The Morgan fingerprint density at radius 1 is 0.517 bits per heavy atom. The number of hydrogen-bond donors (Lipinski definition) is 21. The quantitative estimate of drug-likeness (QED) is 0.0543.